The normalized spacial score (nSPS) is 16.0. The van der Waals surface area contributed by atoms with Gasteiger partial charge in [0.1, 0.15) is 23.5 Å². The van der Waals surface area contributed by atoms with Crippen molar-refractivity contribution in [3.63, 3.8) is 0 Å². The summed E-state index contributed by atoms with van der Waals surface area (Å²) in [7, 11) is 0. The van der Waals surface area contributed by atoms with Gasteiger partial charge in [0.25, 0.3) is 0 Å². The number of nitrogens with zero attached hydrogens (tertiary/aromatic N) is 1. The minimum absolute atomic E-state index is 0.0829. The molecule has 0 N–H and O–H groups in total. The first-order valence-electron chi connectivity index (χ1n) is 9.70. The second kappa shape index (κ2) is 8.61. The standard InChI is InChI=1S/C23H24F3N/c1-2-3-4-16-10-22(25)20(23(26)11-16)8-6-15-5-7-17-12-19(14-27)21(24)13-18(17)9-15/h10-13,15H,2-9H2,1H3. The van der Waals surface area contributed by atoms with E-state index in [1.54, 1.807) is 6.07 Å². The Morgan fingerprint density at radius 1 is 1.00 bits per heavy atom. The molecule has 1 unspecified atom stereocenters. The van der Waals surface area contributed by atoms with Crippen molar-refractivity contribution in [2.75, 3.05) is 0 Å². The van der Waals surface area contributed by atoms with Crippen LogP contribution in [0.3, 0.4) is 0 Å². The summed E-state index contributed by atoms with van der Waals surface area (Å²) < 4.78 is 42.6. The minimum Gasteiger partial charge on any atom is -0.207 e. The van der Waals surface area contributed by atoms with Crippen LogP contribution in [0, 0.1) is 34.7 Å². The van der Waals surface area contributed by atoms with E-state index in [-0.39, 0.29) is 17.0 Å². The molecule has 0 aliphatic heterocycles. The second-order valence-corrected chi connectivity index (χ2v) is 7.50. The van der Waals surface area contributed by atoms with Gasteiger partial charge in [-0.3, -0.25) is 0 Å². The van der Waals surface area contributed by atoms with E-state index in [1.807, 2.05) is 6.07 Å². The van der Waals surface area contributed by atoms with Crippen molar-refractivity contribution < 1.29 is 13.2 Å². The van der Waals surface area contributed by atoms with Gasteiger partial charge in [-0.15, -0.1) is 0 Å². The predicted molar refractivity (Wildman–Crippen MR) is 99.9 cm³/mol. The second-order valence-electron chi connectivity index (χ2n) is 7.50. The zero-order valence-electron chi connectivity index (χ0n) is 15.6. The van der Waals surface area contributed by atoms with E-state index in [1.165, 1.54) is 18.2 Å². The van der Waals surface area contributed by atoms with E-state index in [0.29, 0.717) is 31.2 Å². The van der Waals surface area contributed by atoms with Gasteiger partial charge in [-0.05, 0) is 91.8 Å². The quantitative estimate of drug-likeness (QED) is 0.606. The molecule has 2 aromatic carbocycles. The summed E-state index contributed by atoms with van der Waals surface area (Å²) in [6.07, 6.45) is 5.98. The van der Waals surface area contributed by atoms with Crippen molar-refractivity contribution in [3.8, 4) is 6.07 Å². The van der Waals surface area contributed by atoms with Gasteiger partial charge < -0.3 is 0 Å². The summed E-state index contributed by atoms with van der Waals surface area (Å²) in [5.74, 6) is -1.14. The van der Waals surface area contributed by atoms with Gasteiger partial charge in [0.05, 0.1) is 5.56 Å². The molecule has 0 amide bonds. The smallest absolute Gasteiger partial charge is 0.141 e. The molecule has 3 rings (SSSR count). The van der Waals surface area contributed by atoms with Crippen LogP contribution in [0.25, 0.3) is 0 Å². The Balaban J connectivity index is 1.66. The van der Waals surface area contributed by atoms with E-state index in [9.17, 15) is 13.2 Å². The molecule has 0 saturated heterocycles. The van der Waals surface area contributed by atoms with Crippen molar-refractivity contribution >= 4 is 0 Å². The first-order valence-corrected chi connectivity index (χ1v) is 9.70. The molecule has 1 nitrogen and oxygen atoms in total. The number of hydrogen-bond donors (Lipinski definition) is 0. The van der Waals surface area contributed by atoms with Crippen molar-refractivity contribution in [1.29, 1.82) is 5.26 Å². The van der Waals surface area contributed by atoms with E-state index >= 15 is 0 Å². The third-order valence-electron chi connectivity index (χ3n) is 5.56. The van der Waals surface area contributed by atoms with E-state index in [2.05, 4.69) is 6.92 Å². The highest BCUT2D eigenvalue weighted by Crippen LogP contribution is 2.31. The summed E-state index contributed by atoms with van der Waals surface area (Å²) in [4.78, 5) is 0. The number of rotatable bonds is 6. The Morgan fingerprint density at radius 2 is 1.74 bits per heavy atom. The topological polar surface area (TPSA) is 23.8 Å². The number of unbranched alkanes of at least 4 members (excludes halogenated alkanes) is 1. The van der Waals surface area contributed by atoms with E-state index in [4.69, 9.17) is 5.26 Å². The lowest BCUT2D eigenvalue weighted by Gasteiger charge is -2.25. The Hall–Kier alpha value is -2.28. The molecule has 4 heteroatoms. The van der Waals surface area contributed by atoms with Crippen LogP contribution >= 0.6 is 0 Å². The van der Waals surface area contributed by atoms with Gasteiger partial charge in [0, 0.05) is 5.56 Å². The zero-order valence-corrected chi connectivity index (χ0v) is 15.6. The van der Waals surface area contributed by atoms with Crippen LogP contribution in [0.2, 0.25) is 0 Å². The maximum Gasteiger partial charge on any atom is 0.141 e. The summed E-state index contributed by atoms with van der Waals surface area (Å²) in [6.45, 7) is 2.05. The summed E-state index contributed by atoms with van der Waals surface area (Å²) >= 11 is 0. The van der Waals surface area contributed by atoms with Crippen molar-refractivity contribution in [2.24, 2.45) is 5.92 Å². The SMILES string of the molecule is CCCCc1cc(F)c(CCC2CCc3cc(C#N)c(F)cc3C2)c(F)c1. The molecule has 0 bridgehead atoms. The number of halogens is 3. The fourth-order valence-electron chi connectivity index (χ4n) is 3.95. The lowest BCUT2D eigenvalue weighted by Crippen LogP contribution is -2.16. The van der Waals surface area contributed by atoms with E-state index < -0.39 is 17.5 Å². The maximum absolute atomic E-state index is 14.3. The van der Waals surface area contributed by atoms with Crippen molar-refractivity contribution in [3.05, 3.63) is 69.5 Å². The largest absolute Gasteiger partial charge is 0.207 e. The summed E-state index contributed by atoms with van der Waals surface area (Å²) in [6, 6.07) is 7.88. The fourth-order valence-corrected chi connectivity index (χ4v) is 3.95. The fraction of sp³-hybridized carbons (Fsp3) is 0.435. The summed E-state index contributed by atoms with van der Waals surface area (Å²) in [5, 5.41) is 8.94. The molecule has 1 aliphatic carbocycles. The zero-order chi connectivity index (χ0) is 19.4. The first-order chi connectivity index (χ1) is 13.0. The molecule has 0 spiro atoms. The highest BCUT2D eigenvalue weighted by molar-refractivity contribution is 5.41. The molecule has 0 radical (unpaired) electrons. The van der Waals surface area contributed by atoms with Crippen LogP contribution in [0.1, 0.15) is 60.4 Å². The Labute approximate surface area is 158 Å². The van der Waals surface area contributed by atoms with Gasteiger partial charge >= 0.3 is 0 Å². The molecule has 0 aromatic heterocycles. The van der Waals surface area contributed by atoms with Crippen LogP contribution in [0.4, 0.5) is 13.2 Å². The van der Waals surface area contributed by atoms with Crippen LogP contribution in [-0.2, 0) is 25.7 Å². The first kappa shape index (κ1) is 19.5. The molecule has 0 saturated carbocycles. The molecule has 0 fully saturated rings. The Kier molecular flexibility index (Phi) is 6.21. The average molecular weight is 371 g/mol. The average Bonchev–Trinajstić information content (AvgIpc) is 2.65. The highest BCUT2D eigenvalue weighted by atomic mass is 19.1. The minimum atomic E-state index is -0.489. The molecule has 0 heterocycles. The monoisotopic (exact) mass is 371 g/mol. The predicted octanol–water partition coefficient (Wildman–Crippen LogP) is 6.06. The van der Waals surface area contributed by atoms with Gasteiger partial charge in [-0.1, -0.05) is 13.3 Å². The van der Waals surface area contributed by atoms with E-state index in [0.717, 1.165) is 36.8 Å². The number of fused-ring (bicyclic) bond motifs is 1. The molecule has 2 aromatic rings. The maximum atomic E-state index is 14.3. The lowest BCUT2D eigenvalue weighted by molar-refractivity contribution is 0.417. The molecule has 27 heavy (non-hydrogen) atoms. The lowest BCUT2D eigenvalue weighted by atomic mass is 9.80. The number of hydrogen-bond acceptors (Lipinski definition) is 1. The number of benzene rings is 2. The number of aryl methyl sites for hydroxylation is 2. The van der Waals surface area contributed by atoms with Gasteiger partial charge in [0.2, 0.25) is 0 Å². The van der Waals surface area contributed by atoms with Crippen molar-refractivity contribution in [2.45, 2.75) is 58.3 Å². The van der Waals surface area contributed by atoms with Gasteiger partial charge in [-0.2, -0.15) is 5.26 Å². The number of nitriles is 1. The third kappa shape index (κ3) is 4.53. The van der Waals surface area contributed by atoms with Crippen molar-refractivity contribution in [1.82, 2.24) is 0 Å². The van der Waals surface area contributed by atoms with Crippen LogP contribution in [0.15, 0.2) is 24.3 Å². The van der Waals surface area contributed by atoms with Gasteiger partial charge in [-0.25, -0.2) is 13.2 Å². The molecular weight excluding hydrogens is 347 g/mol. The molecule has 1 atom stereocenters. The highest BCUT2D eigenvalue weighted by Gasteiger charge is 2.22. The molecule has 142 valence electrons. The Morgan fingerprint density at radius 3 is 2.41 bits per heavy atom. The molecule has 1 aliphatic rings. The Bertz CT molecular complexity index is 844. The molecular formula is C23H24F3N. The third-order valence-corrected chi connectivity index (χ3v) is 5.56. The van der Waals surface area contributed by atoms with Crippen LogP contribution < -0.4 is 0 Å². The van der Waals surface area contributed by atoms with Gasteiger partial charge in [0.15, 0.2) is 0 Å². The summed E-state index contributed by atoms with van der Waals surface area (Å²) in [5.41, 5.74) is 2.89. The van der Waals surface area contributed by atoms with Crippen LogP contribution in [0.5, 0.6) is 0 Å². The van der Waals surface area contributed by atoms with Crippen LogP contribution in [-0.4, -0.2) is 0 Å².